The van der Waals surface area contributed by atoms with Crippen LogP contribution in [-0.2, 0) is 26.0 Å². The second-order valence-electron chi connectivity index (χ2n) is 10.8. The number of hydrogen-bond acceptors (Lipinski definition) is 6. The highest BCUT2D eigenvalue weighted by Gasteiger charge is 2.16. The first kappa shape index (κ1) is 36.8. The third kappa shape index (κ3) is 22.5. The monoisotopic (exact) mass is 604 g/mol. The van der Waals surface area contributed by atoms with E-state index in [-0.39, 0.29) is 18.9 Å². The molecule has 0 aromatic carbocycles. The number of aromatic nitrogens is 1. The van der Waals surface area contributed by atoms with Crippen molar-refractivity contribution in [2.45, 2.75) is 135 Å². The van der Waals surface area contributed by atoms with E-state index >= 15 is 0 Å². The molecular formula is C30H58N3O5S2+. The predicted molar refractivity (Wildman–Crippen MR) is 165 cm³/mol. The van der Waals surface area contributed by atoms with E-state index in [9.17, 15) is 13.2 Å². The SMILES string of the molecule is CCCCCCCCCCCCCCCCCCNC(=O)OCC(CNS(=O)(=O)CCCC[n+]1ccsc1)OC. The number of ether oxygens (including phenoxy) is 2. The molecule has 0 radical (unpaired) electrons. The summed E-state index contributed by atoms with van der Waals surface area (Å²) >= 11 is 1.62. The van der Waals surface area contributed by atoms with Crippen molar-refractivity contribution in [2.75, 3.05) is 32.6 Å². The zero-order valence-corrected chi connectivity index (χ0v) is 27.0. The minimum atomic E-state index is -3.40. The summed E-state index contributed by atoms with van der Waals surface area (Å²) in [7, 11) is -1.92. The van der Waals surface area contributed by atoms with Crippen molar-refractivity contribution in [3.63, 3.8) is 0 Å². The predicted octanol–water partition coefficient (Wildman–Crippen LogP) is 6.74. The second-order valence-corrected chi connectivity index (χ2v) is 13.5. The fraction of sp³-hybridized carbons (Fsp3) is 0.867. The maximum Gasteiger partial charge on any atom is 0.407 e. The molecule has 40 heavy (non-hydrogen) atoms. The maximum atomic E-state index is 12.2. The van der Waals surface area contributed by atoms with Crippen LogP contribution in [0.5, 0.6) is 0 Å². The number of alkyl carbamates (subject to hydrolysis) is 1. The van der Waals surface area contributed by atoms with Gasteiger partial charge in [0, 0.05) is 26.6 Å². The molecule has 0 aliphatic heterocycles. The number of hydrogen-bond donors (Lipinski definition) is 2. The average Bonchev–Trinajstić information content (AvgIpc) is 3.46. The van der Waals surface area contributed by atoms with Gasteiger partial charge in [-0.1, -0.05) is 115 Å². The Bertz CT molecular complexity index is 806. The number of rotatable bonds is 28. The van der Waals surface area contributed by atoms with Crippen molar-refractivity contribution >= 4 is 27.5 Å². The highest BCUT2D eigenvalue weighted by molar-refractivity contribution is 7.89. The van der Waals surface area contributed by atoms with E-state index in [4.69, 9.17) is 9.47 Å². The minimum Gasteiger partial charge on any atom is -0.447 e. The Balaban J connectivity index is 1.91. The van der Waals surface area contributed by atoms with E-state index in [2.05, 4.69) is 21.5 Å². The molecule has 1 aromatic heterocycles. The fourth-order valence-corrected chi connectivity index (χ4v) is 6.36. The Morgan fingerprint density at radius 2 is 1.43 bits per heavy atom. The van der Waals surface area contributed by atoms with Crippen molar-refractivity contribution < 1.29 is 27.3 Å². The van der Waals surface area contributed by atoms with Gasteiger partial charge in [-0.15, -0.1) is 0 Å². The lowest BCUT2D eigenvalue weighted by Gasteiger charge is -2.16. The van der Waals surface area contributed by atoms with Crippen LogP contribution in [0.2, 0.25) is 0 Å². The summed E-state index contributed by atoms with van der Waals surface area (Å²) in [6.45, 7) is 3.74. The number of sulfonamides is 1. The third-order valence-electron chi connectivity index (χ3n) is 7.17. The van der Waals surface area contributed by atoms with Crippen LogP contribution < -0.4 is 14.6 Å². The minimum absolute atomic E-state index is 0.00138. The van der Waals surface area contributed by atoms with Gasteiger partial charge in [-0.3, -0.25) is 0 Å². The lowest BCUT2D eigenvalue weighted by molar-refractivity contribution is -0.692. The molecule has 0 fully saturated rings. The number of nitrogens with one attached hydrogen (secondary N) is 2. The summed E-state index contributed by atoms with van der Waals surface area (Å²) in [5, 5.41) is 4.77. The molecular weight excluding hydrogens is 546 g/mol. The summed E-state index contributed by atoms with van der Waals surface area (Å²) in [4.78, 5) is 12.0. The zero-order chi connectivity index (χ0) is 29.2. The molecule has 1 rings (SSSR count). The standard InChI is InChI=1S/C30H57N3O5S2/c1-3-4-5-6-7-8-9-10-11-12-13-14-15-16-17-18-21-31-30(34)38-27-29(37-2)26-32-40(35,36)25-20-19-22-33-23-24-39-28-33/h23-24,28-29,32H,3-22,25-27H2,1-2H3/p+1. The van der Waals surface area contributed by atoms with Gasteiger partial charge < -0.3 is 14.8 Å². The average molecular weight is 605 g/mol. The van der Waals surface area contributed by atoms with Crippen LogP contribution in [0.25, 0.3) is 0 Å². The molecule has 8 nitrogen and oxygen atoms in total. The van der Waals surface area contributed by atoms with E-state index in [0.29, 0.717) is 13.0 Å². The van der Waals surface area contributed by atoms with Crippen molar-refractivity contribution in [1.29, 1.82) is 0 Å². The summed E-state index contributed by atoms with van der Waals surface area (Å²) in [6, 6.07) is 0. The molecule has 0 aliphatic carbocycles. The Morgan fingerprint density at radius 1 is 0.850 bits per heavy atom. The molecule has 10 heteroatoms. The van der Waals surface area contributed by atoms with Crippen LogP contribution in [-0.4, -0.2) is 53.2 Å². The van der Waals surface area contributed by atoms with Gasteiger partial charge >= 0.3 is 6.09 Å². The fourth-order valence-electron chi connectivity index (χ4n) is 4.56. The van der Waals surface area contributed by atoms with Gasteiger partial charge in [-0.05, 0) is 12.8 Å². The van der Waals surface area contributed by atoms with Crippen LogP contribution in [0.15, 0.2) is 17.1 Å². The number of unbranched alkanes of at least 4 members (excludes halogenated alkanes) is 16. The molecule has 1 amide bonds. The first-order valence-corrected chi connectivity index (χ1v) is 18.4. The number of thiazole rings is 1. The largest absolute Gasteiger partial charge is 0.447 e. The number of amides is 1. The number of carbonyl (C=O) groups is 1. The molecule has 2 N–H and O–H groups in total. The molecule has 1 unspecified atom stereocenters. The van der Waals surface area contributed by atoms with Gasteiger partial charge in [0.15, 0.2) is 6.20 Å². The van der Waals surface area contributed by atoms with Gasteiger partial charge in [0.25, 0.3) is 0 Å². The van der Waals surface area contributed by atoms with E-state index in [0.717, 1.165) is 25.8 Å². The van der Waals surface area contributed by atoms with Crippen LogP contribution >= 0.6 is 11.3 Å². The normalized spacial score (nSPS) is 12.4. The van der Waals surface area contributed by atoms with Crippen molar-refractivity contribution in [3.05, 3.63) is 17.1 Å². The summed E-state index contributed by atoms with van der Waals surface area (Å²) in [5.41, 5.74) is 2.01. The smallest absolute Gasteiger partial charge is 0.407 e. The van der Waals surface area contributed by atoms with Crippen LogP contribution in [0.3, 0.4) is 0 Å². The Morgan fingerprint density at radius 3 is 1.95 bits per heavy atom. The quantitative estimate of drug-likeness (QED) is 0.0816. The van der Waals surface area contributed by atoms with Crippen LogP contribution in [0.1, 0.15) is 122 Å². The van der Waals surface area contributed by atoms with E-state index in [1.165, 1.54) is 97.0 Å². The molecule has 0 saturated carbocycles. The molecule has 1 aromatic rings. The van der Waals surface area contributed by atoms with E-state index in [1.807, 2.05) is 17.1 Å². The third-order valence-corrected chi connectivity index (χ3v) is 9.27. The summed E-state index contributed by atoms with van der Waals surface area (Å²) in [6.07, 6.45) is 23.4. The molecule has 1 atom stereocenters. The van der Waals surface area contributed by atoms with E-state index < -0.39 is 22.2 Å². The van der Waals surface area contributed by atoms with Gasteiger partial charge in [0.2, 0.25) is 15.5 Å². The summed E-state index contributed by atoms with van der Waals surface area (Å²) < 4.78 is 39.6. The van der Waals surface area contributed by atoms with Crippen molar-refractivity contribution in [3.8, 4) is 0 Å². The van der Waals surface area contributed by atoms with Gasteiger partial charge in [-0.2, -0.15) is 4.57 Å². The van der Waals surface area contributed by atoms with Crippen molar-refractivity contribution in [1.82, 2.24) is 10.0 Å². The first-order chi connectivity index (χ1) is 19.5. The molecule has 0 saturated heterocycles. The number of aryl methyl sites for hydroxylation is 1. The van der Waals surface area contributed by atoms with Gasteiger partial charge in [-0.25, -0.2) is 17.9 Å². The second kappa shape index (κ2) is 25.5. The molecule has 0 bridgehead atoms. The molecule has 0 aliphatic rings. The van der Waals surface area contributed by atoms with Crippen molar-refractivity contribution in [2.24, 2.45) is 0 Å². The first-order valence-electron chi connectivity index (χ1n) is 15.8. The van der Waals surface area contributed by atoms with Gasteiger partial charge in [0.1, 0.15) is 19.3 Å². The summed E-state index contributed by atoms with van der Waals surface area (Å²) in [5.74, 6) is 0.0643. The Labute approximate surface area is 249 Å². The topological polar surface area (TPSA) is 97.6 Å². The number of methoxy groups -OCH3 is 1. The zero-order valence-electron chi connectivity index (χ0n) is 25.4. The maximum absolute atomic E-state index is 12.2. The van der Waals surface area contributed by atoms with Crippen LogP contribution in [0.4, 0.5) is 4.79 Å². The number of nitrogens with zero attached hydrogens (tertiary/aromatic N) is 1. The van der Waals surface area contributed by atoms with Crippen LogP contribution in [0, 0.1) is 0 Å². The lowest BCUT2D eigenvalue weighted by Crippen LogP contribution is -2.38. The van der Waals surface area contributed by atoms with E-state index in [1.54, 1.807) is 11.3 Å². The highest BCUT2D eigenvalue weighted by atomic mass is 32.2. The molecule has 234 valence electrons. The Kier molecular flexibility index (Phi) is 23.4. The lowest BCUT2D eigenvalue weighted by atomic mass is 10.0. The molecule has 0 spiro atoms. The van der Waals surface area contributed by atoms with Gasteiger partial charge in [0.05, 0.1) is 11.1 Å². The Hall–Kier alpha value is -1.23. The molecule has 1 heterocycles. The highest BCUT2D eigenvalue weighted by Crippen LogP contribution is 2.13. The number of carbonyl (C=O) groups excluding carboxylic acids is 1.